The maximum absolute atomic E-state index is 12.1. The first kappa shape index (κ1) is 13.1. The largest absolute Gasteiger partial charge is 0.351 e. The maximum atomic E-state index is 12.1. The van der Waals surface area contributed by atoms with Gasteiger partial charge in [0, 0.05) is 23.7 Å². The average molecular weight is 274 g/mol. The molecule has 0 radical (unpaired) electrons. The summed E-state index contributed by atoms with van der Waals surface area (Å²) < 4.78 is 5.03. The molecule has 0 fully saturated rings. The van der Waals surface area contributed by atoms with E-state index in [2.05, 4.69) is 34.6 Å². The minimum Gasteiger partial charge on any atom is -0.351 e. The van der Waals surface area contributed by atoms with Crippen LogP contribution in [-0.4, -0.2) is 35.5 Å². The van der Waals surface area contributed by atoms with Crippen molar-refractivity contribution in [1.29, 1.82) is 0 Å². The number of aliphatic imine (C=N–C) groups is 1. The molecule has 6 heteroatoms. The summed E-state index contributed by atoms with van der Waals surface area (Å²) >= 11 is 0. The molecule has 0 unspecified atom stereocenters. The summed E-state index contributed by atoms with van der Waals surface area (Å²) in [6, 6.07) is 1.66. The van der Waals surface area contributed by atoms with Crippen LogP contribution in [0.2, 0.25) is 0 Å². The Kier molecular flexibility index (Phi) is 2.97. The number of amides is 1. The van der Waals surface area contributed by atoms with Gasteiger partial charge < -0.3 is 15.2 Å². The summed E-state index contributed by atoms with van der Waals surface area (Å²) in [5.41, 5.74) is 3.07. The molecule has 0 atom stereocenters. The van der Waals surface area contributed by atoms with Crippen molar-refractivity contribution in [3.63, 3.8) is 0 Å². The molecule has 3 rings (SSSR count). The lowest BCUT2D eigenvalue weighted by Gasteiger charge is -2.21. The van der Waals surface area contributed by atoms with E-state index in [0.29, 0.717) is 12.4 Å². The molecule has 1 amide bonds. The topological polar surface area (TPSA) is 79.5 Å². The van der Waals surface area contributed by atoms with E-state index in [4.69, 9.17) is 4.52 Å². The van der Waals surface area contributed by atoms with Crippen LogP contribution in [0.4, 0.5) is 0 Å². The number of carbonyl (C=O) groups is 1. The molecule has 2 aliphatic heterocycles. The van der Waals surface area contributed by atoms with E-state index in [1.165, 1.54) is 5.57 Å². The van der Waals surface area contributed by atoms with Gasteiger partial charge in [0.15, 0.2) is 0 Å². The van der Waals surface area contributed by atoms with Crippen molar-refractivity contribution in [3.05, 3.63) is 28.7 Å². The Morgan fingerprint density at radius 2 is 2.35 bits per heavy atom. The third-order valence-corrected chi connectivity index (χ3v) is 3.88. The summed E-state index contributed by atoms with van der Waals surface area (Å²) in [6.07, 6.45) is 0.741. The maximum Gasteiger partial charge on any atom is 0.295 e. The molecule has 0 saturated heterocycles. The highest BCUT2D eigenvalue weighted by Gasteiger charge is 2.37. The first-order valence-corrected chi connectivity index (χ1v) is 6.80. The SMILES string of the molecule is CCc1cc(C(=O)NC2=NCC3=C2CNC3(C)C)on1. The lowest BCUT2D eigenvalue weighted by molar-refractivity contribution is 0.0941. The van der Waals surface area contributed by atoms with E-state index in [-0.39, 0.29) is 17.2 Å². The molecule has 0 bridgehead atoms. The van der Waals surface area contributed by atoms with Crippen LogP contribution in [0.3, 0.4) is 0 Å². The lowest BCUT2D eigenvalue weighted by Crippen LogP contribution is -2.37. The predicted octanol–water partition coefficient (Wildman–Crippen LogP) is 1.06. The van der Waals surface area contributed by atoms with Gasteiger partial charge in [-0.25, -0.2) is 0 Å². The van der Waals surface area contributed by atoms with E-state index in [1.807, 2.05) is 6.92 Å². The highest BCUT2D eigenvalue weighted by molar-refractivity contribution is 6.13. The highest BCUT2D eigenvalue weighted by Crippen LogP contribution is 2.30. The second-order valence-electron chi connectivity index (χ2n) is 5.59. The Hall–Kier alpha value is -1.95. The van der Waals surface area contributed by atoms with E-state index >= 15 is 0 Å². The predicted molar refractivity (Wildman–Crippen MR) is 74.8 cm³/mol. The molecular formula is C14H18N4O2. The Morgan fingerprint density at radius 3 is 3.05 bits per heavy atom. The summed E-state index contributed by atoms with van der Waals surface area (Å²) in [5.74, 6) is 0.579. The zero-order valence-electron chi connectivity index (χ0n) is 11.9. The van der Waals surface area contributed by atoms with Gasteiger partial charge in [0.05, 0.1) is 12.2 Å². The zero-order chi connectivity index (χ0) is 14.3. The highest BCUT2D eigenvalue weighted by atomic mass is 16.5. The molecular weight excluding hydrogens is 256 g/mol. The van der Waals surface area contributed by atoms with Crippen molar-refractivity contribution in [3.8, 4) is 0 Å². The Morgan fingerprint density at radius 1 is 1.55 bits per heavy atom. The van der Waals surface area contributed by atoms with Crippen molar-refractivity contribution >= 4 is 11.7 Å². The van der Waals surface area contributed by atoms with Crippen LogP contribution in [-0.2, 0) is 6.42 Å². The van der Waals surface area contributed by atoms with Crippen LogP contribution in [0.25, 0.3) is 0 Å². The van der Waals surface area contributed by atoms with Crippen LogP contribution in [0.1, 0.15) is 37.0 Å². The molecule has 2 N–H and O–H groups in total. The summed E-state index contributed by atoms with van der Waals surface area (Å²) in [6.45, 7) is 7.59. The number of aromatic nitrogens is 1. The van der Waals surface area contributed by atoms with Gasteiger partial charge in [-0.2, -0.15) is 0 Å². The van der Waals surface area contributed by atoms with Gasteiger partial charge in [0.1, 0.15) is 5.84 Å². The van der Waals surface area contributed by atoms with Crippen molar-refractivity contribution < 1.29 is 9.32 Å². The summed E-state index contributed by atoms with van der Waals surface area (Å²) in [4.78, 5) is 16.5. The van der Waals surface area contributed by atoms with Gasteiger partial charge in [-0.1, -0.05) is 12.1 Å². The number of rotatable bonds is 2. The van der Waals surface area contributed by atoms with Crippen molar-refractivity contribution in [2.75, 3.05) is 13.1 Å². The Labute approximate surface area is 117 Å². The summed E-state index contributed by atoms with van der Waals surface area (Å²) in [5, 5.41) is 10.1. The number of amidine groups is 1. The van der Waals surface area contributed by atoms with Crippen molar-refractivity contribution in [2.24, 2.45) is 4.99 Å². The van der Waals surface area contributed by atoms with Crippen LogP contribution in [0.15, 0.2) is 26.7 Å². The number of hydrogen-bond acceptors (Lipinski definition) is 5. The fourth-order valence-corrected chi connectivity index (χ4v) is 2.54. The second-order valence-corrected chi connectivity index (χ2v) is 5.59. The first-order valence-electron chi connectivity index (χ1n) is 6.80. The van der Waals surface area contributed by atoms with Gasteiger partial charge in [-0.05, 0) is 25.8 Å². The molecule has 0 spiro atoms. The first-order chi connectivity index (χ1) is 9.51. The van der Waals surface area contributed by atoms with Crippen LogP contribution < -0.4 is 10.6 Å². The normalized spacial score (nSPS) is 20.1. The fourth-order valence-electron chi connectivity index (χ4n) is 2.54. The van der Waals surface area contributed by atoms with Crippen LogP contribution in [0, 0.1) is 0 Å². The van der Waals surface area contributed by atoms with Crippen LogP contribution >= 0.6 is 0 Å². The number of hydrogen-bond donors (Lipinski definition) is 2. The standard InChI is InChI=1S/C14H18N4O2/c1-4-8-5-11(20-18-8)13(19)17-12-9-6-16-14(2,3)10(9)7-15-12/h5,16H,4,6-7H2,1-3H3,(H,15,17,19). The molecule has 1 aromatic heterocycles. The number of nitrogens with zero attached hydrogens (tertiary/aromatic N) is 2. The zero-order valence-corrected chi connectivity index (χ0v) is 11.9. The quantitative estimate of drug-likeness (QED) is 0.845. The van der Waals surface area contributed by atoms with E-state index in [0.717, 1.165) is 24.2 Å². The molecule has 1 aromatic rings. The number of aryl methyl sites for hydroxylation is 1. The molecule has 0 aliphatic carbocycles. The van der Waals surface area contributed by atoms with Gasteiger partial charge in [0.2, 0.25) is 5.76 Å². The van der Waals surface area contributed by atoms with E-state index < -0.39 is 0 Å². The molecule has 0 aromatic carbocycles. The van der Waals surface area contributed by atoms with Crippen molar-refractivity contribution in [2.45, 2.75) is 32.7 Å². The molecule has 0 saturated carbocycles. The third-order valence-electron chi connectivity index (χ3n) is 3.88. The van der Waals surface area contributed by atoms with Gasteiger partial charge >= 0.3 is 0 Å². The van der Waals surface area contributed by atoms with Crippen LogP contribution in [0.5, 0.6) is 0 Å². The molecule has 20 heavy (non-hydrogen) atoms. The van der Waals surface area contributed by atoms with E-state index in [1.54, 1.807) is 6.07 Å². The summed E-state index contributed by atoms with van der Waals surface area (Å²) in [7, 11) is 0. The van der Waals surface area contributed by atoms with Gasteiger partial charge in [-0.15, -0.1) is 0 Å². The fraction of sp³-hybridized carbons (Fsp3) is 0.500. The van der Waals surface area contributed by atoms with Gasteiger partial charge in [0.25, 0.3) is 5.91 Å². The monoisotopic (exact) mass is 274 g/mol. The smallest absolute Gasteiger partial charge is 0.295 e. The number of carbonyl (C=O) groups excluding carboxylic acids is 1. The lowest BCUT2D eigenvalue weighted by atomic mass is 9.95. The minimum atomic E-state index is -0.297. The average Bonchev–Trinajstić information content (AvgIpc) is 3.08. The van der Waals surface area contributed by atoms with Crippen molar-refractivity contribution in [1.82, 2.24) is 15.8 Å². The minimum absolute atomic E-state index is 0.0487. The van der Waals surface area contributed by atoms with Gasteiger partial charge in [-0.3, -0.25) is 9.79 Å². The Bertz CT molecular complexity index is 625. The molecule has 2 aliphatic rings. The Balaban J connectivity index is 1.75. The molecule has 6 nitrogen and oxygen atoms in total. The molecule has 106 valence electrons. The molecule has 3 heterocycles. The van der Waals surface area contributed by atoms with E-state index in [9.17, 15) is 4.79 Å². The second kappa shape index (κ2) is 4.56. The third kappa shape index (κ3) is 2.06. The number of nitrogens with one attached hydrogen (secondary N) is 2.